The number of hydrogen-bond donors (Lipinski definition) is 1. The number of ether oxygens (including phenoxy) is 4. The van der Waals surface area contributed by atoms with Crippen LogP contribution in [0.4, 0.5) is 9.59 Å². The first-order chi connectivity index (χ1) is 14.0. The topological polar surface area (TPSA) is 143 Å². The maximum absolute atomic E-state index is 12.5. The molecule has 13 heteroatoms. The molecule has 11 nitrogen and oxygen atoms in total. The van der Waals surface area contributed by atoms with Crippen molar-refractivity contribution in [3.63, 3.8) is 0 Å². The average Bonchev–Trinajstić information content (AvgIpc) is 2.60. The van der Waals surface area contributed by atoms with Gasteiger partial charge in [0.05, 0.1) is 12.2 Å². The highest BCUT2D eigenvalue weighted by Gasteiger charge is 2.27. The third-order valence-electron chi connectivity index (χ3n) is 3.09. The number of nitrogens with one attached hydrogen (secondary N) is 1. The minimum Gasteiger partial charge on any atom is -0.431 e. The summed E-state index contributed by atoms with van der Waals surface area (Å²) < 4.78 is 32.9. The molecule has 0 spiro atoms. The van der Waals surface area contributed by atoms with Gasteiger partial charge in [0.15, 0.2) is 7.80 Å². The van der Waals surface area contributed by atoms with Crippen LogP contribution in [0, 0.1) is 0 Å². The summed E-state index contributed by atoms with van der Waals surface area (Å²) in [6.45, 7) is 6.37. The Hall–Kier alpha value is -2.52. The minimum absolute atomic E-state index is 0.0294. The van der Waals surface area contributed by atoms with Crippen molar-refractivity contribution in [3.05, 3.63) is 44.2 Å². The third-order valence-corrected chi connectivity index (χ3v) is 4.76. The van der Waals surface area contributed by atoms with E-state index in [1.165, 1.54) is 12.2 Å². The van der Waals surface area contributed by atoms with Gasteiger partial charge in [0.25, 0.3) is 5.56 Å². The van der Waals surface area contributed by atoms with Gasteiger partial charge in [0.1, 0.15) is 5.02 Å². The standard InChI is InChI=1S/C17H24ClN2O9P/c1-10(2)26-15(23)28-17(29-16(24)27-11(3)4)30(25)8-6-5-7-20-9-12(18)13(21)19-14(20)22/h5-6,9-11,17,30H,7-8H2,1-4H3,(H,19,21,22)/b6-5+. The molecule has 0 fully saturated rings. The molecule has 1 heterocycles. The van der Waals surface area contributed by atoms with Crippen molar-refractivity contribution in [1.29, 1.82) is 0 Å². The molecule has 0 aliphatic heterocycles. The molecule has 1 unspecified atom stereocenters. The van der Waals surface area contributed by atoms with E-state index in [9.17, 15) is 23.7 Å². The number of rotatable bonds is 9. The molecular formula is C17H24ClN2O9P. The van der Waals surface area contributed by atoms with E-state index in [1.807, 2.05) is 4.98 Å². The van der Waals surface area contributed by atoms with E-state index in [2.05, 4.69) is 0 Å². The quantitative estimate of drug-likeness (QED) is 0.251. The van der Waals surface area contributed by atoms with Crippen molar-refractivity contribution in [2.45, 2.75) is 52.5 Å². The van der Waals surface area contributed by atoms with Gasteiger partial charge < -0.3 is 23.5 Å². The molecule has 0 aliphatic rings. The highest BCUT2D eigenvalue weighted by atomic mass is 35.5. The predicted molar refractivity (Wildman–Crippen MR) is 109 cm³/mol. The van der Waals surface area contributed by atoms with Crippen LogP contribution in [0.5, 0.6) is 0 Å². The molecule has 30 heavy (non-hydrogen) atoms. The Bertz CT molecular complexity index is 883. The summed E-state index contributed by atoms with van der Waals surface area (Å²) >= 11 is 5.67. The van der Waals surface area contributed by atoms with Gasteiger partial charge in [-0.1, -0.05) is 23.8 Å². The molecule has 1 atom stereocenters. The number of H-pyrrole nitrogens is 1. The van der Waals surface area contributed by atoms with Crippen LogP contribution >= 0.6 is 19.4 Å². The van der Waals surface area contributed by atoms with Crippen LogP contribution in [0.15, 0.2) is 27.9 Å². The summed E-state index contributed by atoms with van der Waals surface area (Å²) in [6, 6.07) is -1.69. The number of aromatic nitrogens is 2. The first kappa shape index (κ1) is 25.5. The van der Waals surface area contributed by atoms with E-state index in [0.717, 1.165) is 10.8 Å². The highest BCUT2D eigenvalue weighted by molar-refractivity contribution is 7.45. The molecule has 0 aromatic carbocycles. The van der Waals surface area contributed by atoms with Crippen LogP contribution in [0.1, 0.15) is 27.7 Å². The van der Waals surface area contributed by atoms with Crippen molar-refractivity contribution in [2.75, 3.05) is 6.16 Å². The lowest BCUT2D eigenvalue weighted by molar-refractivity contribution is -0.0715. The van der Waals surface area contributed by atoms with Gasteiger partial charge in [0, 0.05) is 18.9 Å². The number of hydrogen-bond acceptors (Lipinski definition) is 9. The van der Waals surface area contributed by atoms with Gasteiger partial charge in [-0.3, -0.25) is 14.3 Å². The SMILES string of the molecule is CC(C)OC(=O)OC(OC(=O)OC(C)C)[PH](=O)C/C=C/Cn1cc(Cl)c(=O)[nH]c1=O. The van der Waals surface area contributed by atoms with Gasteiger partial charge in [0.2, 0.25) is 0 Å². The normalized spacial score (nSPS) is 12.4. The molecule has 0 saturated carbocycles. The van der Waals surface area contributed by atoms with Crippen molar-refractivity contribution in [1.82, 2.24) is 9.55 Å². The Labute approximate surface area is 177 Å². The molecule has 1 N–H and O–H groups in total. The Morgan fingerprint density at radius 1 is 1.07 bits per heavy atom. The summed E-state index contributed by atoms with van der Waals surface area (Å²) in [5.74, 6) is 0. The zero-order chi connectivity index (χ0) is 22.8. The van der Waals surface area contributed by atoms with Crippen LogP contribution < -0.4 is 11.2 Å². The van der Waals surface area contributed by atoms with Gasteiger partial charge in [-0.2, -0.15) is 0 Å². The van der Waals surface area contributed by atoms with E-state index in [1.54, 1.807) is 27.7 Å². The predicted octanol–water partition coefficient (Wildman–Crippen LogP) is 2.71. The third kappa shape index (κ3) is 9.32. The van der Waals surface area contributed by atoms with Crippen molar-refractivity contribution < 1.29 is 33.1 Å². The molecule has 1 rings (SSSR count). The van der Waals surface area contributed by atoms with Crippen LogP contribution in [0.3, 0.4) is 0 Å². The maximum Gasteiger partial charge on any atom is 0.512 e. The fraction of sp³-hybridized carbons (Fsp3) is 0.529. The molecule has 0 amide bonds. The second kappa shape index (κ2) is 12.2. The van der Waals surface area contributed by atoms with Crippen LogP contribution in [0.2, 0.25) is 5.02 Å². The fourth-order valence-electron chi connectivity index (χ4n) is 1.87. The largest absolute Gasteiger partial charge is 0.512 e. The first-order valence-corrected chi connectivity index (χ1v) is 11.0. The Kier molecular flexibility index (Phi) is 10.4. The second-order valence-electron chi connectivity index (χ2n) is 6.43. The van der Waals surface area contributed by atoms with Crippen LogP contribution in [-0.4, -0.2) is 46.3 Å². The van der Waals surface area contributed by atoms with E-state index < -0.39 is 49.6 Å². The van der Waals surface area contributed by atoms with Crippen molar-refractivity contribution in [2.24, 2.45) is 0 Å². The van der Waals surface area contributed by atoms with E-state index in [4.69, 9.17) is 30.5 Å². The monoisotopic (exact) mass is 466 g/mol. The van der Waals surface area contributed by atoms with Crippen molar-refractivity contribution >= 4 is 31.7 Å². The van der Waals surface area contributed by atoms with Gasteiger partial charge in [-0.15, -0.1) is 0 Å². The van der Waals surface area contributed by atoms with Gasteiger partial charge in [-0.25, -0.2) is 14.4 Å². The lowest BCUT2D eigenvalue weighted by atomic mass is 10.5. The van der Waals surface area contributed by atoms with E-state index >= 15 is 0 Å². The number of halogens is 1. The zero-order valence-corrected chi connectivity index (χ0v) is 18.6. The van der Waals surface area contributed by atoms with Gasteiger partial charge in [-0.05, 0) is 27.7 Å². The average molecular weight is 467 g/mol. The van der Waals surface area contributed by atoms with Crippen LogP contribution in [0.25, 0.3) is 0 Å². The fourth-order valence-corrected chi connectivity index (χ4v) is 3.08. The molecular weight excluding hydrogens is 443 g/mol. The molecule has 168 valence electrons. The Morgan fingerprint density at radius 3 is 2.10 bits per heavy atom. The lowest BCUT2D eigenvalue weighted by Gasteiger charge is -2.18. The first-order valence-electron chi connectivity index (χ1n) is 8.91. The summed E-state index contributed by atoms with van der Waals surface area (Å²) in [6.07, 6.45) is 0.673. The maximum atomic E-state index is 12.5. The molecule has 0 saturated heterocycles. The number of allylic oxidation sites excluding steroid dienone is 2. The molecule has 0 aliphatic carbocycles. The number of aromatic amines is 1. The van der Waals surface area contributed by atoms with E-state index in [-0.39, 0.29) is 17.7 Å². The molecule has 1 aromatic rings. The number of carbonyl (C=O) groups excluding carboxylic acids is 2. The number of carbonyl (C=O) groups is 2. The second-order valence-corrected chi connectivity index (χ2v) is 8.65. The smallest absolute Gasteiger partial charge is 0.431 e. The molecule has 0 bridgehead atoms. The van der Waals surface area contributed by atoms with Crippen LogP contribution in [-0.2, 0) is 30.1 Å². The Morgan fingerprint density at radius 2 is 1.60 bits per heavy atom. The van der Waals surface area contributed by atoms with E-state index in [0.29, 0.717) is 0 Å². The summed E-state index contributed by atoms with van der Waals surface area (Å²) in [4.78, 5) is 48.3. The molecule has 1 aromatic heterocycles. The minimum atomic E-state index is -2.82. The Balaban J connectivity index is 2.77. The highest BCUT2D eigenvalue weighted by Crippen LogP contribution is 2.31. The summed E-state index contributed by atoms with van der Waals surface area (Å²) in [5.41, 5.74) is -1.37. The van der Waals surface area contributed by atoms with Crippen molar-refractivity contribution in [3.8, 4) is 0 Å². The lowest BCUT2D eigenvalue weighted by Crippen LogP contribution is -2.29. The summed E-state index contributed by atoms with van der Waals surface area (Å²) in [7, 11) is -2.82. The van der Waals surface area contributed by atoms with Gasteiger partial charge >= 0.3 is 24.0 Å². The molecule has 0 radical (unpaired) electrons. The summed E-state index contributed by atoms with van der Waals surface area (Å²) in [5, 5.41) is -0.161. The zero-order valence-electron chi connectivity index (χ0n) is 16.9. The number of nitrogens with zero attached hydrogens (tertiary/aromatic N) is 1.